The Morgan fingerprint density at radius 3 is 2.94 bits per heavy atom. The van der Waals surface area contributed by atoms with Gasteiger partial charge in [0.25, 0.3) is 0 Å². The third kappa shape index (κ3) is 2.90. The lowest BCUT2D eigenvalue weighted by Gasteiger charge is -2.09. The first kappa shape index (κ1) is 11.3. The Morgan fingerprint density at radius 1 is 1.41 bits per heavy atom. The third-order valence-electron chi connectivity index (χ3n) is 2.38. The number of imidazole rings is 1. The van der Waals surface area contributed by atoms with Crippen molar-refractivity contribution in [2.45, 2.75) is 0 Å². The second kappa shape index (κ2) is 5.25. The summed E-state index contributed by atoms with van der Waals surface area (Å²) >= 11 is 0. The predicted molar refractivity (Wildman–Crippen MR) is 68.0 cm³/mol. The zero-order valence-electron chi connectivity index (χ0n) is 9.76. The molecule has 0 amide bonds. The van der Waals surface area contributed by atoms with E-state index in [1.54, 1.807) is 6.20 Å². The highest BCUT2D eigenvalue weighted by molar-refractivity contribution is 5.51. The summed E-state index contributed by atoms with van der Waals surface area (Å²) in [6.07, 6.45) is 3.64. The molecule has 90 valence electrons. The van der Waals surface area contributed by atoms with Crippen LogP contribution in [0.15, 0.2) is 36.7 Å². The first-order valence-corrected chi connectivity index (χ1v) is 5.46. The van der Waals surface area contributed by atoms with Gasteiger partial charge in [-0.15, -0.1) is 0 Å². The molecule has 0 bridgehead atoms. The van der Waals surface area contributed by atoms with Gasteiger partial charge in [-0.25, -0.2) is 4.98 Å². The highest BCUT2D eigenvalue weighted by Crippen LogP contribution is 2.19. The molecule has 0 saturated carbocycles. The summed E-state index contributed by atoms with van der Waals surface area (Å²) in [5.74, 6) is 1.55. The number of nitrogen functional groups attached to an aromatic ring is 1. The molecule has 5 nitrogen and oxygen atoms in total. The minimum absolute atomic E-state index is 0.543. The van der Waals surface area contributed by atoms with Crippen molar-refractivity contribution in [3.63, 3.8) is 0 Å². The molecule has 5 heteroatoms. The smallest absolute Gasteiger partial charge is 0.202 e. The summed E-state index contributed by atoms with van der Waals surface area (Å²) in [5.41, 5.74) is 6.42. The maximum atomic E-state index is 5.76. The topological polar surface area (TPSA) is 65.1 Å². The monoisotopic (exact) mass is 232 g/mol. The summed E-state index contributed by atoms with van der Waals surface area (Å²) in [6, 6.07) is 7.46. The first-order valence-electron chi connectivity index (χ1n) is 5.46. The third-order valence-corrected chi connectivity index (χ3v) is 2.38. The highest BCUT2D eigenvalue weighted by Gasteiger charge is 1.99. The van der Waals surface area contributed by atoms with Gasteiger partial charge >= 0.3 is 0 Å². The van der Waals surface area contributed by atoms with E-state index in [0.717, 1.165) is 5.95 Å². The number of ether oxygens (including phenoxy) is 1. The Labute approximate surface area is 100 Å². The van der Waals surface area contributed by atoms with Crippen molar-refractivity contribution in [1.82, 2.24) is 9.55 Å². The minimum atomic E-state index is 0.543. The number of nitrogens with two attached hydrogens (primary N) is 1. The molecule has 0 atom stereocenters. The molecule has 0 aliphatic carbocycles. The van der Waals surface area contributed by atoms with Crippen molar-refractivity contribution < 1.29 is 4.74 Å². The van der Waals surface area contributed by atoms with Crippen LogP contribution in [0.4, 0.5) is 11.6 Å². The number of aromatic nitrogens is 2. The molecular weight excluding hydrogens is 216 g/mol. The van der Waals surface area contributed by atoms with E-state index in [2.05, 4.69) is 10.3 Å². The number of hydrogen-bond donors (Lipinski definition) is 2. The molecule has 0 aliphatic rings. The van der Waals surface area contributed by atoms with E-state index >= 15 is 0 Å². The van der Waals surface area contributed by atoms with Gasteiger partial charge in [0.05, 0.1) is 12.2 Å². The van der Waals surface area contributed by atoms with Gasteiger partial charge in [-0.1, -0.05) is 12.1 Å². The van der Waals surface area contributed by atoms with Gasteiger partial charge in [0, 0.05) is 19.4 Å². The van der Waals surface area contributed by atoms with Gasteiger partial charge in [-0.05, 0) is 12.1 Å². The van der Waals surface area contributed by atoms with Crippen LogP contribution in [0.3, 0.4) is 0 Å². The van der Waals surface area contributed by atoms with E-state index in [9.17, 15) is 0 Å². The summed E-state index contributed by atoms with van der Waals surface area (Å²) < 4.78 is 7.46. The average molecular weight is 232 g/mol. The number of para-hydroxylation sites is 2. The van der Waals surface area contributed by atoms with Crippen molar-refractivity contribution in [1.29, 1.82) is 0 Å². The zero-order valence-corrected chi connectivity index (χ0v) is 9.76. The zero-order chi connectivity index (χ0) is 12.1. The van der Waals surface area contributed by atoms with Gasteiger partial charge in [0.1, 0.15) is 12.4 Å². The minimum Gasteiger partial charge on any atom is -0.490 e. The van der Waals surface area contributed by atoms with E-state index in [0.29, 0.717) is 24.6 Å². The van der Waals surface area contributed by atoms with Gasteiger partial charge in [0.2, 0.25) is 5.95 Å². The summed E-state index contributed by atoms with van der Waals surface area (Å²) in [6.45, 7) is 1.22. The van der Waals surface area contributed by atoms with E-state index in [1.807, 2.05) is 42.1 Å². The molecule has 2 aromatic rings. The van der Waals surface area contributed by atoms with E-state index in [1.165, 1.54) is 0 Å². The quantitative estimate of drug-likeness (QED) is 0.605. The van der Waals surface area contributed by atoms with Crippen LogP contribution in [-0.4, -0.2) is 22.7 Å². The lowest BCUT2D eigenvalue weighted by Crippen LogP contribution is -2.14. The molecule has 17 heavy (non-hydrogen) atoms. The van der Waals surface area contributed by atoms with Crippen molar-refractivity contribution in [2.24, 2.45) is 7.05 Å². The van der Waals surface area contributed by atoms with Crippen molar-refractivity contribution >= 4 is 11.6 Å². The molecule has 2 rings (SSSR count). The summed E-state index contributed by atoms with van der Waals surface area (Å²) in [4.78, 5) is 4.15. The van der Waals surface area contributed by atoms with Crippen molar-refractivity contribution in [2.75, 3.05) is 24.2 Å². The Morgan fingerprint density at radius 2 is 2.24 bits per heavy atom. The first-order chi connectivity index (χ1) is 8.27. The predicted octanol–water partition coefficient (Wildman–Crippen LogP) is 1.49. The number of nitrogens with one attached hydrogen (secondary N) is 1. The van der Waals surface area contributed by atoms with Gasteiger partial charge in [-0.3, -0.25) is 0 Å². The van der Waals surface area contributed by atoms with Gasteiger partial charge in [0.15, 0.2) is 0 Å². The fourth-order valence-electron chi connectivity index (χ4n) is 1.47. The normalized spacial score (nSPS) is 10.2. The number of anilines is 2. The fraction of sp³-hybridized carbons (Fsp3) is 0.250. The van der Waals surface area contributed by atoms with E-state index in [4.69, 9.17) is 10.5 Å². The number of nitrogens with zero attached hydrogens (tertiary/aromatic N) is 2. The van der Waals surface area contributed by atoms with Crippen LogP contribution in [0.25, 0.3) is 0 Å². The number of benzene rings is 1. The molecule has 1 aromatic carbocycles. The lowest BCUT2D eigenvalue weighted by molar-refractivity contribution is 0.334. The molecular formula is C12H16N4O. The Balaban J connectivity index is 1.77. The molecule has 0 aliphatic heterocycles. The van der Waals surface area contributed by atoms with Crippen LogP contribution >= 0.6 is 0 Å². The Bertz CT molecular complexity index is 481. The molecule has 0 radical (unpaired) electrons. The molecule has 1 aromatic heterocycles. The summed E-state index contributed by atoms with van der Waals surface area (Å²) in [7, 11) is 1.94. The molecule has 0 fully saturated rings. The lowest BCUT2D eigenvalue weighted by atomic mass is 10.3. The molecule has 0 saturated heterocycles. The molecule has 0 unspecified atom stereocenters. The van der Waals surface area contributed by atoms with E-state index < -0.39 is 0 Å². The number of rotatable bonds is 5. The number of hydrogen-bond acceptors (Lipinski definition) is 4. The average Bonchev–Trinajstić information content (AvgIpc) is 2.73. The molecule has 0 spiro atoms. The highest BCUT2D eigenvalue weighted by atomic mass is 16.5. The van der Waals surface area contributed by atoms with Gasteiger partial charge < -0.3 is 20.4 Å². The van der Waals surface area contributed by atoms with Gasteiger partial charge in [-0.2, -0.15) is 0 Å². The Kier molecular flexibility index (Phi) is 3.49. The van der Waals surface area contributed by atoms with Crippen LogP contribution in [0.5, 0.6) is 5.75 Å². The maximum absolute atomic E-state index is 5.76. The fourth-order valence-corrected chi connectivity index (χ4v) is 1.47. The van der Waals surface area contributed by atoms with Crippen molar-refractivity contribution in [3.05, 3.63) is 36.7 Å². The van der Waals surface area contributed by atoms with Crippen molar-refractivity contribution in [3.8, 4) is 5.75 Å². The van der Waals surface area contributed by atoms with Crippen LogP contribution in [-0.2, 0) is 7.05 Å². The summed E-state index contributed by atoms with van der Waals surface area (Å²) in [5, 5.41) is 3.17. The largest absolute Gasteiger partial charge is 0.490 e. The molecule has 1 heterocycles. The van der Waals surface area contributed by atoms with E-state index in [-0.39, 0.29) is 0 Å². The Hall–Kier alpha value is -2.17. The van der Waals surface area contributed by atoms with Crippen LogP contribution in [0.2, 0.25) is 0 Å². The maximum Gasteiger partial charge on any atom is 0.202 e. The second-order valence-electron chi connectivity index (χ2n) is 3.67. The SMILES string of the molecule is Cn1ccnc1NCCOc1ccccc1N. The second-order valence-corrected chi connectivity index (χ2v) is 3.67. The number of aryl methyl sites for hydroxylation is 1. The molecule has 3 N–H and O–H groups in total. The van der Waals surface area contributed by atoms with Crippen LogP contribution < -0.4 is 15.8 Å². The van der Waals surface area contributed by atoms with Crippen LogP contribution in [0, 0.1) is 0 Å². The standard InChI is InChI=1S/C12H16N4O/c1-16-8-6-14-12(16)15-7-9-17-11-5-3-2-4-10(11)13/h2-6,8H,7,9,13H2,1H3,(H,14,15). The van der Waals surface area contributed by atoms with Crippen LogP contribution in [0.1, 0.15) is 0 Å².